The van der Waals surface area contributed by atoms with Crippen LogP contribution in [0.1, 0.15) is 6.92 Å². The minimum Gasteiger partial charge on any atom is -0.399 e. The molecule has 0 heterocycles. The summed E-state index contributed by atoms with van der Waals surface area (Å²) in [5, 5.41) is 0.133. The zero-order chi connectivity index (χ0) is 10.9. The average Bonchev–Trinajstić information content (AvgIpc) is 2.01. The molecule has 1 aromatic rings. The van der Waals surface area contributed by atoms with Crippen molar-refractivity contribution >= 4 is 38.7 Å². The first-order chi connectivity index (χ1) is 6.38. The molecule has 0 fully saturated rings. The van der Waals surface area contributed by atoms with Crippen LogP contribution in [0.25, 0.3) is 0 Å². The molecule has 1 aromatic carbocycles. The highest BCUT2D eigenvalue weighted by Gasteiger charge is 2.20. The first kappa shape index (κ1) is 11.6. The summed E-state index contributed by atoms with van der Waals surface area (Å²) >= 11 is 11.5. The predicted octanol–water partition coefficient (Wildman–Crippen LogP) is 2.37. The van der Waals surface area contributed by atoms with Gasteiger partial charge < -0.3 is 5.73 Å². The van der Waals surface area contributed by atoms with Crippen LogP contribution in [0.4, 0.5) is 5.69 Å². The van der Waals surface area contributed by atoms with Crippen LogP contribution in [0.5, 0.6) is 0 Å². The second kappa shape index (κ2) is 3.96. The second-order valence-electron chi connectivity index (χ2n) is 2.72. The van der Waals surface area contributed by atoms with Gasteiger partial charge in [-0.2, -0.15) is 0 Å². The van der Waals surface area contributed by atoms with Crippen LogP contribution in [0.15, 0.2) is 17.0 Å². The standard InChI is InChI=1S/C8H9Cl2NO2S/c1-2-14(12,13)8-6(9)3-5(11)4-7(8)10/h3-4H,2,11H2,1H3. The molecule has 0 radical (unpaired) electrons. The lowest BCUT2D eigenvalue weighted by molar-refractivity contribution is 0.597. The van der Waals surface area contributed by atoms with Crippen molar-refractivity contribution in [1.29, 1.82) is 0 Å². The Morgan fingerprint density at radius 2 is 1.71 bits per heavy atom. The second-order valence-corrected chi connectivity index (χ2v) is 5.75. The molecule has 0 aliphatic heterocycles. The van der Waals surface area contributed by atoms with E-state index in [2.05, 4.69) is 0 Å². The van der Waals surface area contributed by atoms with Crippen molar-refractivity contribution < 1.29 is 8.42 Å². The van der Waals surface area contributed by atoms with Crippen molar-refractivity contribution in [1.82, 2.24) is 0 Å². The third kappa shape index (κ3) is 2.13. The van der Waals surface area contributed by atoms with E-state index < -0.39 is 9.84 Å². The summed E-state index contributed by atoms with van der Waals surface area (Å²) in [7, 11) is -3.40. The van der Waals surface area contributed by atoms with Crippen LogP contribution < -0.4 is 5.73 Å². The van der Waals surface area contributed by atoms with E-state index in [1.807, 2.05) is 0 Å². The van der Waals surface area contributed by atoms with Gasteiger partial charge in [-0.3, -0.25) is 0 Å². The molecule has 0 aromatic heterocycles. The van der Waals surface area contributed by atoms with Crippen molar-refractivity contribution in [2.45, 2.75) is 11.8 Å². The van der Waals surface area contributed by atoms with E-state index in [9.17, 15) is 8.42 Å². The maximum absolute atomic E-state index is 11.5. The number of anilines is 1. The summed E-state index contributed by atoms with van der Waals surface area (Å²) < 4.78 is 23.1. The maximum atomic E-state index is 11.5. The molecule has 0 saturated heterocycles. The summed E-state index contributed by atoms with van der Waals surface area (Å²) in [6.07, 6.45) is 0. The number of hydrogen-bond acceptors (Lipinski definition) is 3. The third-order valence-electron chi connectivity index (χ3n) is 1.71. The van der Waals surface area contributed by atoms with Crippen LogP contribution in [0.2, 0.25) is 10.0 Å². The Hall–Kier alpha value is -0.450. The normalized spacial score (nSPS) is 11.6. The molecule has 0 bridgehead atoms. The zero-order valence-electron chi connectivity index (χ0n) is 7.42. The van der Waals surface area contributed by atoms with E-state index in [0.717, 1.165) is 0 Å². The molecule has 14 heavy (non-hydrogen) atoms. The van der Waals surface area contributed by atoms with Crippen molar-refractivity contribution in [2.75, 3.05) is 11.5 Å². The van der Waals surface area contributed by atoms with E-state index in [4.69, 9.17) is 28.9 Å². The van der Waals surface area contributed by atoms with E-state index >= 15 is 0 Å². The van der Waals surface area contributed by atoms with Crippen LogP contribution >= 0.6 is 23.2 Å². The van der Waals surface area contributed by atoms with Gasteiger partial charge in [0.15, 0.2) is 9.84 Å². The highest BCUT2D eigenvalue weighted by atomic mass is 35.5. The van der Waals surface area contributed by atoms with Crippen LogP contribution in [0, 0.1) is 0 Å². The van der Waals surface area contributed by atoms with Crippen LogP contribution in [0.3, 0.4) is 0 Å². The summed E-state index contributed by atoms with van der Waals surface area (Å²) in [5.41, 5.74) is 5.79. The molecular formula is C8H9Cl2NO2S. The van der Waals surface area contributed by atoms with E-state index in [0.29, 0.717) is 5.69 Å². The van der Waals surface area contributed by atoms with E-state index in [1.165, 1.54) is 19.1 Å². The number of nitrogen functional groups attached to an aromatic ring is 1. The van der Waals surface area contributed by atoms with Crippen molar-refractivity contribution in [3.63, 3.8) is 0 Å². The molecule has 78 valence electrons. The van der Waals surface area contributed by atoms with Gasteiger partial charge in [0.05, 0.1) is 15.8 Å². The monoisotopic (exact) mass is 253 g/mol. The number of halogens is 2. The molecule has 0 atom stereocenters. The average molecular weight is 254 g/mol. The Labute approximate surface area is 92.7 Å². The van der Waals surface area contributed by atoms with Crippen LogP contribution in [-0.4, -0.2) is 14.2 Å². The quantitative estimate of drug-likeness (QED) is 0.824. The minimum absolute atomic E-state index is 0.0440. The SMILES string of the molecule is CCS(=O)(=O)c1c(Cl)cc(N)cc1Cl. The van der Waals surface area contributed by atoms with Gasteiger partial charge in [0, 0.05) is 5.69 Å². The Kier molecular flexibility index (Phi) is 3.29. The van der Waals surface area contributed by atoms with Crippen molar-refractivity contribution in [2.24, 2.45) is 0 Å². The fourth-order valence-corrected chi connectivity index (χ4v) is 3.23. The Morgan fingerprint density at radius 1 is 1.29 bits per heavy atom. The van der Waals surface area contributed by atoms with Gasteiger partial charge in [-0.15, -0.1) is 0 Å². The van der Waals surface area contributed by atoms with Gasteiger partial charge in [-0.25, -0.2) is 8.42 Å². The fraction of sp³-hybridized carbons (Fsp3) is 0.250. The minimum atomic E-state index is -3.40. The number of rotatable bonds is 2. The molecule has 0 amide bonds. The summed E-state index contributed by atoms with van der Waals surface area (Å²) in [4.78, 5) is -0.0440. The van der Waals surface area contributed by atoms with Crippen LogP contribution in [-0.2, 0) is 9.84 Å². The topological polar surface area (TPSA) is 60.2 Å². The van der Waals surface area contributed by atoms with Gasteiger partial charge in [0.1, 0.15) is 4.90 Å². The molecule has 0 aliphatic rings. The maximum Gasteiger partial charge on any atom is 0.181 e. The molecular weight excluding hydrogens is 245 g/mol. The lowest BCUT2D eigenvalue weighted by Gasteiger charge is -2.07. The zero-order valence-corrected chi connectivity index (χ0v) is 9.75. The van der Waals surface area contributed by atoms with Crippen molar-refractivity contribution in [3.05, 3.63) is 22.2 Å². The molecule has 0 saturated carbocycles. The fourth-order valence-electron chi connectivity index (χ4n) is 1.02. The number of sulfone groups is 1. The summed E-state index contributed by atoms with van der Waals surface area (Å²) in [6.45, 7) is 1.53. The Bertz CT molecular complexity index is 433. The summed E-state index contributed by atoms with van der Waals surface area (Å²) in [5.74, 6) is -0.0453. The van der Waals surface area contributed by atoms with Gasteiger partial charge in [-0.1, -0.05) is 30.1 Å². The van der Waals surface area contributed by atoms with E-state index in [1.54, 1.807) is 0 Å². The molecule has 2 N–H and O–H groups in total. The first-order valence-corrected chi connectivity index (χ1v) is 6.26. The molecule has 6 heteroatoms. The van der Waals surface area contributed by atoms with Gasteiger partial charge in [0.25, 0.3) is 0 Å². The highest BCUT2D eigenvalue weighted by molar-refractivity contribution is 7.91. The molecule has 0 unspecified atom stereocenters. The van der Waals surface area contributed by atoms with Crippen molar-refractivity contribution in [3.8, 4) is 0 Å². The predicted molar refractivity (Wildman–Crippen MR) is 58.6 cm³/mol. The van der Waals surface area contributed by atoms with Gasteiger partial charge >= 0.3 is 0 Å². The number of hydrogen-bond donors (Lipinski definition) is 1. The first-order valence-electron chi connectivity index (χ1n) is 3.85. The molecule has 0 spiro atoms. The van der Waals surface area contributed by atoms with Gasteiger partial charge in [-0.05, 0) is 12.1 Å². The number of benzene rings is 1. The number of nitrogens with two attached hydrogens (primary N) is 1. The van der Waals surface area contributed by atoms with E-state index in [-0.39, 0.29) is 20.7 Å². The molecule has 1 rings (SSSR count). The largest absolute Gasteiger partial charge is 0.399 e. The Morgan fingerprint density at radius 3 is 2.07 bits per heavy atom. The van der Waals surface area contributed by atoms with Gasteiger partial charge in [0.2, 0.25) is 0 Å². The molecule has 3 nitrogen and oxygen atoms in total. The third-order valence-corrected chi connectivity index (χ3v) is 4.35. The summed E-state index contributed by atoms with van der Waals surface area (Å²) in [6, 6.07) is 2.74. The Balaban J connectivity index is 3.51. The lowest BCUT2D eigenvalue weighted by Crippen LogP contribution is -2.05. The smallest absolute Gasteiger partial charge is 0.181 e. The lowest BCUT2D eigenvalue weighted by atomic mass is 10.3. The highest BCUT2D eigenvalue weighted by Crippen LogP contribution is 2.32. The molecule has 0 aliphatic carbocycles.